The Kier molecular flexibility index (Phi) is 4.49. The number of thiazole rings is 1. The van der Waals surface area contributed by atoms with Crippen molar-refractivity contribution >= 4 is 17.2 Å². The predicted octanol–water partition coefficient (Wildman–Crippen LogP) is 2.67. The molecule has 1 N–H and O–H groups in total. The fraction of sp³-hybridized carbons (Fsp3) is 0.733. The van der Waals surface area contributed by atoms with E-state index in [9.17, 15) is 9.90 Å². The summed E-state index contributed by atoms with van der Waals surface area (Å²) in [6.07, 6.45) is 4.35. The van der Waals surface area contributed by atoms with Gasteiger partial charge in [0, 0.05) is 24.9 Å². The Balaban J connectivity index is 2.01. The molecule has 1 aliphatic rings. The summed E-state index contributed by atoms with van der Waals surface area (Å²) < 4.78 is 0. The second-order valence-corrected chi connectivity index (χ2v) is 7.75. The molecule has 0 radical (unpaired) electrons. The lowest BCUT2D eigenvalue weighted by atomic mass is 9.98. The molecular weight excluding hydrogens is 272 g/mol. The van der Waals surface area contributed by atoms with Crippen LogP contribution in [0.4, 0.5) is 0 Å². The number of aliphatic hydroxyl groups is 1. The fourth-order valence-corrected chi connectivity index (χ4v) is 3.54. The standard InChI is InChI=1S/C15H24N2O2S/c1-15(2,3)14-16-8-12(20-14)13(19)17(4)9-10-6-5-7-11(10)18/h8,10-11,18H,5-7,9H2,1-4H3. The number of hydrogen-bond acceptors (Lipinski definition) is 4. The van der Waals surface area contributed by atoms with Gasteiger partial charge in [0.25, 0.3) is 5.91 Å². The number of amides is 1. The number of nitrogens with zero attached hydrogens (tertiary/aromatic N) is 2. The van der Waals surface area contributed by atoms with Gasteiger partial charge in [0.05, 0.1) is 17.3 Å². The Hall–Kier alpha value is -0.940. The fourth-order valence-electron chi connectivity index (χ4n) is 2.57. The van der Waals surface area contributed by atoms with Crippen molar-refractivity contribution in [1.29, 1.82) is 0 Å². The molecule has 0 bridgehead atoms. The van der Waals surface area contributed by atoms with Gasteiger partial charge in [0.1, 0.15) is 4.88 Å². The van der Waals surface area contributed by atoms with Crippen LogP contribution in [0.3, 0.4) is 0 Å². The predicted molar refractivity (Wildman–Crippen MR) is 81.1 cm³/mol. The molecule has 2 rings (SSSR count). The monoisotopic (exact) mass is 296 g/mol. The number of aliphatic hydroxyl groups excluding tert-OH is 1. The minimum absolute atomic E-state index is 0.0112. The van der Waals surface area contributed by atoms with E-state index in [4.69, 9.17) is 0 Å². The maximum atomic E-state index is 12.4. The molecule has 112 valence electrons. The zero-order chi connectivity index (χ0) is 14.9. The van der Waals surface area contributed by atoms with Crippen LogP contribution in [0.2, 0.25) is 0 Å². The Labute approximate surface area is 124 Å². The minimum atomic E-state index is -0.253. The molecule has 20 heavy (non-hydrogen) atoms. The Morgan fingerprint density at radius 1 is 1.50 bits per heavy atom. The molecule has 1 aromatic rings. The summed E-state index contributed by atoms with van der Waals surface area (Å²) in [5.74, 6) is 0.232. The third-order valence-corrected chi connectivity index (χ3v) is 5.24. The average molecular weight is 296 g/mol. The molecule has 1 aromatic heterocycles. The van der Waals surface area contributed by atoms with Crippen LogP contribution in [0.5, 0.6) is 0 Å². The first-order chi connectivity index (χ1) is 9.29. The maximum Gasteiger partial charge on any atom is 0.265 e. The summed E-state index contributed by atoms with van der Waals surface area (Å²) in [5.41, 5.74) is -0.0244. The SMILES string of the molecule is CN(CC1CCCC1O)C(=O)c1cnc(C(C)(C)C)s1. The summed E-state index contributed by atoms with van der Waals surface area (Å²) >= 11 is 1.47. The van der Waals surface area contributed by atoms with Gasteiger partial charge in [-0.2, -0.15) is 0 Å². The van der Waals surface area contributed by atoms with Crippen LogP contribution in [-0.2, 0) is 5.41 Å². The first-order valence-electron chi connectivity index (χ1n) is 7.19. The van der Waals surface area contributed by atoms with Crippen molar-refractivity contribution in [1.82, 2.24) is 9.88 Å². The largest absolute Gasteiger partial charge is 0.393 e. The van der Waals surface area contributed by atoms with Gasteiger partial charge in [0.2, 0.25) is 0 Å². The van der Waals surface area contributed by atoms with Crippen molar-refractivity contribution in [2.24, 2.45) is 5.92 Å². The van der Waals surface area contributed by atoms with Crippen LogP contribution in [0, 0.1) is 5.92 Å². The van der Waals surface area contributed by atoms with Gasteiger partial charge in [-0.25, -0.2) is 4.98 Å². The summed E-state index contributed by atoms with van der Waals surface area (Å²) in [6, 6.07) is 0. The first-order valence-corrected chi connectivity index (χ1v) is 8.00. The Bertz CT molecular complexity index is 478. The maximum absolute atomic E-state index is 12.4. The molecule has 1 fully saturated rings. The second-order valence-electron chi connectivity index (χ2n) is 6.72. The molecule has 1 amide bonds. The van der Waals surface area contributed by atoms with Gasteiger partial charge < -0.3 is 10.0 Å². The van der Waals surface area contributed by atoms with E-state index >= 15 is 0 Å². The third kappa shape index (κ3) is 3.38. The van der Waals surface area contributed by atoms with Crippen molar-refractivity contribution < 1.29 is 9.90 Å². The molecule has 0 saturated heterocycles. The summed E-state index contributed by atoms with van der Waals surface area (Å²) in [5, 5.41) is 10.8. The van der Waals surface area contributed by atoms with Gasteiger partial charge in [-0.05, 0) is 12.8 Å². The van der Waals surface area contributed by atoms with Crippen LogP contribution in [0.1, 0.15) is 54.7 Å². The number of aromatic nitrogens is 1. The highest BCUT2D eigenvalue weighted by atomic mass is 32.1. The lowest BCUT2D eigenvalue weighted by Crippen LogP contribution is -2.34. The van der Waals surface area contributed by atoms with Crippen molar-refractivity contribution in [3.63, 3.8) is 0 Å². The van der Waals surface area contributed by atoms with E-state index in [0.29, 0.717) is 11.4 Å². The van der Waals surface area contributed by atoms with E-state index in [1.807, 2.05) is 7.05 Å². The lowest BCUT2D eigenvalue weighted by Gasteiger charge is -2.22. The second kappa shape index (κ2) is 5.82. The highest BCUT2D eigenvalue weighted by Crippen LogP contribution is 2.29. The van der Waals surface area contributed by atoms with Crippen molar-refractivity contribution in [2.45, 2.75) is 51.6 Å². The number of hydrogen-bond donors (Lipinski definition) is 1. The van der Waals surface area contributed by atoms with Crippen LogP contribution in [-0.4, -0.2) is 40.6 Å². The van der Waals surface area contributed by atoms with Crippen LogP contribution in [0.25, 0.3) is 0 Å². The molecule has 1 saturated carbocycles. The summed E-state index contributed by atoms with van der Waals surface area (Å²) in [7, 11) is 1.81. The minimum Gasteiger partial charge on any atom is -0.393 e. The van der Waals surface area contributed by atoms with Crippen LogP contribution in [0.15, 0.2) is 6.20 Å². The number of carbonyl (C=O) groups excluding carboxylic acids is 1. The van der Waals surface area contributed by atoms with Crippen LogP contribution >= 0.6 is 11.3 Å². The highest BCUT2D eigenvalue weighted by molar-refractivity contribution is 7.13. The molecule has 1 aliphatic carbocycles. The van der Waals surface area contributed by atoms with Gasteiger partial charge in [0.15, 0.2) is 0 Å². The molecule has 2 atom stereocenters. The molecular formula is C15H24N2O2S. The van der Waals surface area contributed by atoms with Crippen molar-refractivity contribution in [2.75, 3.05) is 13.6 Å². The Morgan fingerprint density at radius 2 is 2.20 bits per heavy atom. The number of carbonyl (C=O) groups is 1. The topological polar surface area (TPSA) is 53.4 Å². The molecule has 5 heteroatoms. The quantitative estimate of drug-likeness (QED) is 0.933. The highest BCUT2D eigenvalue weighted by Gasteiger charge is 2.28. The third-order valence-electron chi connectivity index (χ3n) is 3.83. The average Bonchev–Trinajstić information content (AvgIpc) is 2.97. The molecule has 0 aromatic carbocycles. The first kappa shape index (κ1) is 15.4. The van der Waals surface area contributed by atoms with Gasteiger partial charge in [-0.3, -0.25) is 4.79 Å². The Morgan fingerprint density at radius 3 is 2.70 bits per heavy atom. The van der Waals surface area contributed by atoms with Crippen LogP contribution < -0.4 is 0 Å². The van der Waals surface area contributed by atoms with E-state index in [1.165, 1.54) is 11.3 Å². The van der Waals surface area contributed by atoms with Crippen molar-refractivity contribution in [3.05, 3.63) is 16.1 Å². The van der Waals surface area contributed by atoms with Gasteiger partial charge in [-0.15, -0.1) is 11.3 Å². The lowest BCUT2D eigenvalue weighted by molar-refractivity contribution is 0.0697. The smallest absolute Gasteiger partial charge is 0.265 e. The van der Waals surface area contributed by atoms with Gasteiger partial charge >= 0.3 is 0 Å². The summed E-state index contributed by atoms with van der Waals surface area (Å²) in [4.78, 5) is 19.2. The van der Waals surface area contributed by atoms with Crippen molar-refractivity contribution in [3.8, 4) is 0 Å². The zero-order valence-electron chi connectivity index (χ0n) is 12.7. The normalized spacial score (nSPS) is 23.1. The van der Waals surface area contributed by atoms with E-state index in [0.717, 1.165) is 24.3 Å². The molecule has 0 aliphatic heterocycles. The number of rotatable bonds is 3. The van der Waals surface area contributed by atoms with E-state index in [-0.39, 0.29) is 23.3 Å². The molecule has 2 unspecified atom stereocenters. The zero-order valence-corrected chi connectivity index (χ0v) is 13.5. The summed E-state index contributed by atoms with van der Waals surface area (Å²) in [6.45, 7) is 6.92. The van der Waals surface area contributed by atoms with E-state index in [1.54, 1.807) is 11.1 Å². The molecule has 0 spiro atoms. The van der Waals surface area contributed by atoms with E-state index in [2.05, 4.69) is 25.8 Å². The molecule has 4 nitrogen and oxygen atoms in total. The van der Waals surface area contributed by atoms with E-state index < -0.39 is 0 Å². The van der Waals surface area contributed by atoms with Gasteiger partial charge in [-0.1, -0.05) is 27.2 Å². The molecule has 1 heterocycles.